The molecule has 0 fully saturated rings. The van der Waals surface area contributed by atoms with E-state index in [2.05, 4.69) is 5.32 Å². The third-order valence-electron chi connectivity index (χ3n) is 2.35. The Hall–Kier alpha value is -0.710. The molecule has 17 heavy (non-hydrogen) atoms. The van der Waals surface area contributed by atoms with Crippen LogP contribution in [0.3, 0.4) is 0 Å². The van der Waals surface area contributed by atoms with Gasteiger partial charge in [-0.3, -0.25) is 4.79 Å². The normalized spacial score (nSPS) is 12.4. The van der Waals surface area contributed by atoms with E-state index in [1.165, 1.54) is 0 Å². The summed E-state index contributed by atoms with van der Waals surface area (Å²) in [6.07, 6.45) is 2.59. The van der Waals surface area contributed by atoms with E-state index in [0.717, 1.165) is 11.3 Å². The number of carboxylic acids is 1. The third kappa shape index (κ3) is 5.44. The molecule has 1 atom stereocenters. The van der Waals surface area contributed by atoms with Gasteiger partial charge in [0.15, 0.2) is 0 Å². The highest BCUT2D eigenvalue weighted by molar-refractivity contribution is 7.98. The predicted molar refractivity (Wildman–Crippen MR) is 72.7 cm³/mol. The monoisotopic (exact) mass is 273 g/mol. The fourth-order valence-electron chi connectivity index (χ4n) is 1.44. The lowest BCUT2D eigenvalue weighted by molar-refractivity contribution is -0.139. The predicted octanol–water partition coefficient (Wildman–Crippen LogP) is 2.64. The molecule has 0 heterocycles. The van der Waals surface area contributed by atoms with Crippen LogP contribution in [0.25, 0.3) is 0 Å². The zero-order valence-electron chi connectivity index (χ0n) is 9.65. The average Bonchev–Trinajstić information content (AvgIpc) is 2.28. The van der Waals surface area contributed by atoms with E-state index in [1.54, 1.807) is 17.8 Å². The summed E-state index contributed by atoms with van der Waals surface area (Å²) >= 11 is 7.51. The molecule has 0 saturated heterocycles. The average molecular weight is 274 g/mol. The summed E-state index contributed by atoms with van der Waals surface area (Å²) < 4.78 is 0. The topological polar surface area (TPSA) is 49.3 Å². The van der Waals surface area contributed by atoms with Gasteiger partial charge in [0.1, 0.15) is 6.04 Å². The minimum Gasteiger partial charge on any atom is -0.480 e. The number of aliphatic carboxylic acids is 1. The van der Waals surface area contributed by atoms with Crippen molar-refractivity contribution in [2.45, 2.75) is 19.0 Å². The quantitative estimate of drug-likeness (QED) is 0.802. The van der Waals surface area contributed by atoms with Crippen LogP contribution < -0.4 is 5.32 Å². The Morgan fingerprint density at radius 3 is 2.94 bits per heavy atom. The molecule has 2 N–H and O–H groups in total. The Kier molecular flexibility index (Phi) is 6.40. The van der Waals surface area contributed by atoms with Crippen LogP contribution in [-0.4, -0.2) is 29.1 Å². The second kappa shape index (κ2) is 7.58. The number of thioether (sulfide) groups is 1. The maximum absolute atomic E-state index is 11.0. The molecule has 1 aromatic rings. The van der Waals surface area contributed by atoms with Gasteiger partial charge < -0.3 is 10.4 Å². The smallest absolute Gasteiger partial charge is 0.320 e. The number of hydrogen-bond acceptors (Lipinski definition) is 3. The molecule has 0 radical (unpaired) electrons. The molecule has 0 saturated carbocycles. The second-order valence-electron chi connectivity index (χ2n) is 3.68. The zero-order chi connectivity index (χ0) is 12.7. The molecule has 0 aliphatic carbocycles. The van der Waals surface area contributed by atoms with Crippen molar-refractivity contribution >= 4 is 29.3 Å². The molecule has 0 spiro atoms. The number of nitrogens with one attached hydrogen (secondary N) is 1. The van der Waals surface area contributed by atoms with Crippen LogP contribution in [0.4, 0.5) is 0 Å². The molecular formula is C12H16ClNO2S. The number of carboxylic acid groups (broad SMARTS) is 1. The van der Waals surface area contributed by atoms with Crippen molar-refractivity contribution in [1.29, 1.82) is 0 Å². The molecule has 5 heteroatoms. The van der Waals surface area contributed by atoms with Crippen molar-refractivity contribution in [2.75, 3.05) is 12.0 Å². The van der Waals surface area contributed by atoms with Crippen molar-refractivity contribution in [3.63, 3.8) is 0 Å². The number of carbonyl (C=O) groups is 1. The molecule has 3 nitrogen and oxygen atoms in total. The highest BCUT2D eigenvalue weighted by Crippen LogP contribution is 2.11. The maximum Gasteiger partial charge on any atom is 0.320 e. The summed E-state index contributed by atoms with van der Waals surface area (Å²) in [5, 5.41) is 12.7. The van der Waals surface area contributed by atoms with E-state index in [9.17, 15) is 4.79 Å². The Labute approximate surface area is 111 Å². The van der Waals surface area contributed by atoms with Crippen LogP contribution in [0.15, 0.2) is 24.3 Å². The molecule has 1 rings (SSSR count). The van der Waals surface area contributed by atoms with Gasteiger partial charge in [0.25, 0.3) is 0 Å². The van der Waals surface area contributed by atoms with E-state index in [4.69, 9.17) is 16.7 Å². The molecule has 0 aliphatic heterocycles. The minimum atomic E-state index is -0.805. The van der Waals surface area contributed by atoms with Gasteiger partial charge in [0.05, 0.1) is 0 Å². The molecule has 1 aromatic carbocycles. The van der Waals surface area contributed by atoms with E-state index >= 15 is 0 Å². The molecule has 94 valence electrons. The molecular weight excluding hydrogens is 258 g/mol. The van der Waals surface area contributed by atoms with Gasteiger partial charge in [-0.1, -0.05) is 23.7 Å². The number of rotatable bonds is 7. The van der Waals surface area contributed by atoms with Crippen molar-refractivity contribution < 1.29 is 9.90 Å². The zero-order valence-corrected chi connectivity index (χ0v) is 11.2. The highest BCUT2D eigenvalue weighted by Gasteiger charge is 2.15. The first-order chi connectivity index (χ1) is 8.13. The highest BCUT2D eigenvalue weighted by atomic mass is 35.5. The lowest BCUT2D eigenvalue weighted by Crippen LogP contribution is -2.36. The maximum atomic E-state index is 11.0. The summed E-state index contributed by atoms with van der Waals surface area (Å²) in [5.74, 6) is 0.0283. The van der Waals surface area contributed by atoms with E-state index in [0.29, 0.717) is 18.0 Å². The van der Waals surface area contributed by atoms with Crippen molar-refractivity contribution in [3.8, 4) is 0 Å². The summed E-state index contributed by atoms with van der Waals surface area (Å²) in [6.45, 7) is 0.520. The summed E-state index contributed by atoms with van der Waals surface area (Å²) in [6, 6.07) is 6.92. The fourth-order valence-corrected chi connectivity index (χ4v) is 2.12. The summed E-state index contributed by atoms with van der Waals surface area (Å²) in [4.78, 5) is 11.0. The van der Waals surface area contributed by atoms with Gasteiger partial charge in [-0.05, 0) is 36.1 Å². The van der Waals surface area contributed by atoms with Crippen LogP contribution in [0.5, 0.6) is 0 Å². The Morgan fingerprint density at radius 2 is 2.35 bits per heavy atom. The van der Waals surface area contributed by atoms with Gasteiger partial charge in [-0.15, -0.1) is 0 Å². The van der Waals surface area contributed by atoms with Crippen LogP contribution in [0, 0.1) is 0 Å². The lowest BCUT2D eigenvalue weighted by Gasteiger charge is -2.13. The van der Waals surface area contributed by atoms with Crippen molar-refractivity contribution in [2.24, 2.45) is 0 Å². The third-order valence-corrected chi connectivity index (χ3v) is 3.23. The van der Waals surface area contributed by atoms with Crippen LogP contribution in [-0.2, 0) is 11.3 Å². The molecule has 0 aliphatic rings. The molecule has 0 amide bonds. The molecule has 0 aromatic heterocycles. The lowest BCUT2D eigenvalue weighted by atomic mass is 10.2. The van der Waals surface area contributed by atoms with Gasteiger partial charge >= 0.3 is 5.97 Å². The summed E-state index contributed by atoms with van der Waals surface area (Å²) in [7, 11) is 0. The standard InChI is InChI=1S/C12H16ClNO2S/c1-17-6-5-11(12(15)16)14-8-9-3-2-4-10(13)7-9/h2-4,7,11,14H,5-6,8H2,1H3,(H,15,16)/t11-/m0/s1. The van der Waals surface area contributed by atoms with Gasteiger partial charge in [-0.25, -0.2) is 0 Å². The SMILES string of the molecule is CSCC[C@H](NCc1cccc(Cl)c1)C(=O)O. The number of hydrogen-bond donors (Lipinski definition) is 2. The number of benzene rings is 1. The van der Waals surface area contributed by atoms with Gasteiger partial charge in [-0.2, -0.15) is 11.8 Å². The van der Waals surface area contributed by atoms with E-state index < -0.39 is 12.0 Å². The van der Waals surface area contributed by atoms with Crippen molar-refractivity contribution in [1.82, 2.24) is 5.32 Å². The van der Waals surface area contributed by atoms with Gasteiger partial charge in [0.2, 0.25) is 0 Å². The fraction of sp³-hybridized carbons (Fsp3) is 0.417. The Morgan fingerprint density at radius 1 is 1.59 bits per heavy atom. The van der Waals surface area contributed by atoms with Crippen molar-refractivity contribution in [3.05, 3.63) is 34.9 Å². The van der Waals surface area contributed by atoms with Crippen LogP contribution >= 0.6 is 23.4 Å². The first-order valence-electron chi connectivity index (χ1n) is 5.33. The Bertz CT molecular complexity index is 373. The summed E-state index contributed by atoms with van der Waals surface area (Å²) in [5.41, 5.74) is 0.993. The van der Waals surface area contributed by atoms with E-state index in [1.807, 2.05) is 24.5 Å². The largest absolute Gasteiger partial charge is 0.480 e. The second-order valence-corrected chi connectivity index (χ2v) is 5.11. The number of halogens is 1. The Balaban J connectivity index is 2.48. The van der Waals surface area contributed by atoms with Crippen LogP contribution in [0.1, 0.15) is 12.0 Å². The molecule has 0 unspecified atom stereocenters. The first-order valence-corrected chi connectivity index (χ1v) is 7.10. The van der Waals surface area contributed by atoms with E-state index in [-0.39, 0.29) is 0 Å². The van der Waals surface area contributed by atoms with Gasteiger partial charge in [0, 0.05) is 11.6 Å². The van der Waals surface area contributed by atoms with Crippen LogP contribution in [0.2, 0.25) is 5.02 Å². The first kappa shape index (κ1) is 14.4. The molecule has 0 bridgehead atoms. The minimum absolute atomic E-state index is 0.499.